The van der Waals surface area contributed by atoms with Crippen molar-refractivity contribution >= 4 is 35.6 Å². The summed E-state index contributed by atoms with van der Waals surface area (Å²) in [5, 5.41) is 213. The van der Waals surface area contributed by atoms with Gasteiger partial charge in [0.1, 0.15) is 110 Å². The van der Waals surface area contributed by atoms with Gasteiger partial charge in [-0.05, 0) is 19.3 Å². The molecule has 5 rings (SSSR count). The maximum Gasteiger partial charge on any atom is 0.364 e. The van der Waals surface area contributed by atoms with Gasteiger partial charge >= 0.3 is 11.9 Å². The van der Waals surface area contributed by atoms with E-state index in [1.807, 2.05) is 0 Å². The molecule has 2 unspecified atom stereocenters. The molecule has 38 heteroatoms. The lowest BCUT2D eigenvalue weighted by Crippen LogP contribution is -2.72. The molecule has 0 aliphatic carbocycles. The van der Waals surface area contributed by atoms with Crippen molar-refractivity contribution in [1.82, 2.24) is 21.3 Å². The quantitative estimate of drug-likeness (QED) is 0.0278. The molecule has 0 radical (unpaired) electrons. The number of amides is 4. The third-order valence-electron chi connectivity index (χ3n) is 23.0. The van der Waals surface area contributed by atoms with Gasteiger partial charge in [0.15, 0.2) is 18.9 Å². The van der Waals surface area contributed by atoms with Crippen LogP contribution in [0.4, 0.5) is 0 Å². The molecule has 5 aliphatic heterocycles. The SMILES string of the molecule is CCCCCCCCCCCCCC=C[C@@H](O)[C@H](CO[C@@H]1O[C@H](CO)[C@@H](O[C@@H]2O[C@H](CO)[C@H](O[C@@H]3O[C@H](CO)[C@H](O)[C@H](O)[C@H]3NC(C)=O)[C@H](O[C@]3(C(=O)O)C[C@H](O)[C@@H](NC(C)=O)C([C@H](O)[C@@H](CO)O[C@]4(C(=O)O)C[C@H](O)[C@@H](NC(C)=O)C([C@H](O)[C@H](O)CO)O4)O3)[C@H]2O)[C@H](O)[C@H]1O)NC(=O)CCCCCCCCCCCCCCCCCCCCC. The van der Waals surface area contributed by atoms with Gasteiger partial charge in [-0.1, -0.05) is 206 Å². The number of rotatable bonds is 60. The molecular formula is C82H146N4O34. The van der Waals surface area contributed by atoms with Crippen LogP contribution in [0.3, 0.4) is 0 Å². The van der Waals surface area contributed by atoms with E-state index < -0.39 is 265 Å². The zero-order valence-electron chi connectivity index (χ0n) is 70.6. The van der Waals surface area contributed by atoms with Gasteiger partial charge in [-0.2, -0.15) is 0 Å². The van der Waals surface area contributed by atoms with Crippen LogP contribution in [-0.4, -0.2) is 344 Å². The van der Waals surface area contributed by atoms with E-state index in [0.717, 1.165) is 85.0 Å². The highest BCUT2D eigenvalue weighted by Crippen LogP contribution is 2.42. The van der Waals surface area contributed by atoms with Crippen molar-refractivity contribution in [3.63, 3.8) is 0 Å². The predicted molar refractivity (Wildman–Crippen MR) is 426 cm³/mol. The number of unbranched alkanes of at least 4 members (excludes halogenated alkanes) is 29. The Hall–Kier alpha value is -4.48. The van der Waals surface area contributed by atoms with E-state index in [0.29, 0.717) is 12.8 Å². The summed E-state index contributed by atoms with van der Waals surface area (Å²) in [6.45, 7) is 0.547. The van der Waals surface area contributed by atoms with Crippen LogP contribution >= 0.6 is 0 Å². The number of allylic oxidation sites excluding steroid dienone is 1. The number of aliphatic carboxylic acids is 2. The van der Waals surface area contributed by atoms with Crippen LogP contribution < -0.4 is 21.3 Å². The smallest absolute Gasteiger partial charge is 0.364 e. The lowest BCUT2D eigenvalue weighted by molar-refractivity contribution is -0.402. The number of nitrogens with one attached hydrogen (secondary N) is 4. The lowest BCUT2D eigenvalue weighted by Gasteiger charge is -2.52. The van der Waals surface area contributed by atoms with Crippen molar-refractivity contribution in [2.45, 2.75) is 430 Å². The molecule has 29 atom stereocenters. The number of aliphatic hydroxyl groups excluding tert-OH is 16. The minimum atomic E-state index is -3.59. The molecule has 0 bridgehead atoms. The number of hydrogen-bond acceptors (Lipinski definition) is 32. The molecule has 120 heavy (non-hydrogen) atoms. The van der Waals surface area contributed by atoms with Crippen LogP contribution in [-0.2, 0) is 76.1 Å². The van der Waals surface area contributed by atoms with Gasteiger partial charge in [0.05, 0.1) is 76.1 Å². The number of carbonyl (C=O) groups excluding carboxylic acids is 4. The van der Waals surface area contributed by atoms with Gasteiger partial charge in [-0.3, -0.25) is 19.2 Å². The van der Waals surface area contributed by atoms with Crippen LogP contribution in [0, 0.1) is 0 Å². The largest absolute Gasteiger partial charge is 0.477 e. The highest BCUT2D eigenvalue weighted by atomic mass is 16.8. The number of ether oxygens (including phenoxy) is 10. The molecule has 5 saturated heterocycles. The normalized spacial score (nSPS) is 32.6. The second kappa shape index (κ2) is 55.9. The fourth-order valence-corrected chi connectivity index (χ4v) is 16.1. The summed E-state index contributed by atoms with van der Waals surface area (Å²) in [6.07, 6.45) is -13.9. The van der Waals surface area contributed by atoms with Crippen molar-refractivity contribution in [1.29, 1.82) is 0 Å². The molecule has 22 N–H and O–H groups in total. The Bertz CT molecular complexity index is 2940. The summed E-state index contributed by atoms with van der Waals surface area (Å²) in [6, 6.07) is -6.82. The van der Waals surface area contributed by atoms with E-state index in [4.69, 9.17) is 47.4 Å². The van der Waals surface area contributed by atoms with Crippen LogP contribution in [0.2, 0.25) is 0 Å². The van der Waals surface area contributed by atoms with Crippen molar-refractivity contribution < 1.29 is 168 Å². The maximum absolute atomic E-state index is 14.2. The summed E-state index contributed by atoms with van der Waals surface area (Å²) in [5.41, 5.74) is 0. The first kappa shape index (κ1) is 106. The average molecular weight is 1730 g/mol. The monoisotopic (exact) mass is 1730 g/mol. The third kappa shape index (κ3) is 33.1. The first-order valence-corrected chi connectivity index (χ1v) is 43.7. The van der Waals surface area contributed by atoms with E-state index in [9.17, 15) is 121 Å². The van der Waals surface area contributed by atoms with Gasteiger partial charge in [0.2, 0.25) is 23.6 Å². The molecular weight excluding hydrogens is 1580 g/mol. The number of carbonyl (C=O) groups is 6. The molecule has 5 aliphatic rings. The van der Waals surface area contributed by atoms with Gasteiger partial charge in [-0.25, -0.2) is 9.59 Å². The maximum atomic E-state index is 14.2. The molecule has 0 saturated carbocycles. The second-order valence-corrected chi connectivity index (χ2v) is 32.9. The number of hydrogen-bond donors (Lipinski definition) is 22. The van der Waals surface area contributed by atoms with E-state index in [1.54, 1.807) is 6.08 Å². The summed E-state index contributed by atoms with van der Waals surface area (Å²) in [7, 11) is 0. The first-order chi connectivity index (χ1) is 57.3. The zero-order valence-corrected chi connectivity index (χ0v) is 70.6. The molecule has 0 aromatic rings. The van der Waals surface area contributed by atoms with Crippen LogP contribution in [0.15, 0.2) is 12.2 Å². The molecule has 38 nitrogen and oxygen atoms in total. The minimum Gasteiger partial charge on any atom is -0.477 e. The fourth-order valence-electron chi connectivity index (χ4n) is 16.1. The van der Waals surface area contributed by atoms with E-state index >= 15 is 0 Å². The molecule has 0 aromatic heterocycles. The standard InChI is InChI=1S/C82H146N4O34/c1-6-8-10-12-14-16-18-20-21-22-23-24-25-27-29-31-33-35-37-39-60(99)86-51(52(95)38-36-34-32-30-28-26-19-17-15-13-11-9-7-2)47-111-77-69(105)68(104)71(58(45-90)113-77)115-78-70(106)75(72(59(46-91)114-78)116-76-63(85-50(5)94)67(103)65(101)56(43-88)112-76)120-82(80(109)110)41-54(97)62(84-49(4)93)74(119-82)66(102)57(44-89)117-81(79(107)108)40-53(96)61(83-48(3)92)73(118-81)64(100)55(98)42-87/h36,38,51-59,61-78,87-91,95-98,100-106H,6-35,37,39-47H2,1-5H3,(H,83,92)(H,84,93)(H,85,94)(H,86,99)(H,107,108)(H,109,110)/t51-,52+,53-,54-,55+,56+,57+,58+,59+,61+,62+,63+,64+,65-,66+,67+,68+,69+,70+,71+,72-,73?,74?,75+,76-,77+,78-,81+,82-/m0/s1. The number of carboxylic acids is 2. The van der Waals surface area contributed by atoms with E-state index in [2.05, 4.69) is 35.1 Å². The Labute approximate surface area is 703 Å². The summed E-state index contributed by atoms with van der Waals surface area (Å²) >= 11 is 0. The molecule has 4 amide bonds. The molecule has 698 valence electrons. The van der Waals surface area contributed by atoms with E-state index in [-0.39, 0.29) is 6.42 Å². The number of aliphatic hydroxyl groups is 16. The topological polar surface area (TPSA) is 607 Å². The van der Waals surface area contributed by atoms with Gasteiger partial charge in [0.25, 0.3) is 11.6 Å². The third-order valence-corrected chi connectivity index (χ3v) is 23.0. The van der Waals surface area contributed by atoms with Crippen molar-refractivity contribution in [2.75, 3.05) is 39.6 Å². The molecule has 0 spiro atoms. The Morgan fingerprint density at radius 1 is 0.450 bits per heavy atom. The van der Waals surface area contributed by atoms with Gasteiger partial charge in [-0.15, -0.1) is 0 Å². The van der Waals surface area contributed by atoms with Gasteiger partial charge < -0.3 is 161 Å². The van der Waals surface area contributed by atoms with E-state index in [1.165, 1.54) is 128 Å². The molecule has 5 heterocycles. The zero-order chi connectivity index (χ0) is 88.7. The van der Waals surface area contributed by atoms with Crippen molar-refractivity contribution in [3.8, 4) is 0 Å². The van der Waals surface area contributed by atoms with Gasteiger partial charge in [0, 0.05) is 40.0 Å². The summed E-state index contributed by atoms with van der Waals surface area (Å²) in [4.78, 5) is 79.2. The number of carboxylic acid groups (broad SMARTS) is 2. The molecule has 5 fully saturated rings. The minimum absolute atomic E-state index is 0.113. The Morgan fingerprint density at radius 2 is 0.867 bits per heavy atom. The second-order valence-electron chi connectivity index (χ2n) is 32.9. The van der Waals surface area contributed by atoms with Crippen molar-refractivity contribution in [3.05, 3.63) is 12.2 Å². The first-order valence-electron chi connectivity index (χ1n) is 43.7. The Morgan fingerprint density at radius 3 is 1.32 bits per heavy atom. The highest BCUT2D eigenvalue weighted by Gasteiger charge is 2.64. The highest BCUT2D eigenvalue weighted by molar-refractivity contribution is 5.78. The average Bonchev–Trinajstić information content (AvgIpc) is 0.746. The fraction of sp³-hybridized carbons (Fsp3) is 0.902. The van der Waals surface area contributed by atoms with Crippen LogP contribution in [0.1, 0.15) is 253 Å². The molecule has 0 aromatic carbocycles. The summed E-state index contributed by atoms with van der Waals surface area (Å²) in [5.74, 6) is -14.6. The Kier molecular flexibility index (Phi) is 49.4. The van der Waals surface area contributed by atoms with Crippen LogP contribution in [0.25, 0.3) is 0 Å². The van der Waals surface area contributed by atoms with Crippen LogP contribution in [0.5, 0.6) is 0 Å². The van der Waals surface area contributed by atoms with Crippen molar-refractivity contribution in [2.24, 2.45) is 0 Å². The predicted octanol–water partition coefficient (Wildman–Crippen LogP) is -0.132. The lowest BCUT2D eigenvalue weighted by atomic mass is 9.87. The Balaban J connectivity index is 1.41. The summed E-state index contributed by atoms with van der Waals surface area (Å²) < 4.78 is 60.0.